The molecular weight excluding hydrogens is 190 g/mol. The normalized spacial score (nSPS) is 14.2. The van der Waals surface area contributed by atoms with Crippen LogP contribution < -0.4 is 5.32 Å². The first-order valence-electron chi connectivity index (χ1n) is 5.32. The van der Waals surface area contributed by atoms with Crippen LogP contribution in [0, 0.1) is 0 Å². The Kier molecular flexibility index (Phi) is 3.88. The molecule has 1 aromatic heterocycles. The lowest BCUT2D eigenvalue weighted by molar-refractivity contribution is 0.251. The zero-order valence-electron chi connectivity index (χ0n) is 9.96. The number of aliphatic hydroxyl groups excluding tert-OH is 1. The fourth-order valence-electron chi connectivity index (χ4n) is 1.44. The maximum absolute atomic E-state index is 8.91. The molecule has 0 saturated carbocycles. The predicted molar refractivity (Wildman–Crippen MR) is 60.7 cm³/mol. The zero-order valence-corrected chi connectivity index (χ0v) is 9.96. The van der Waals surface area contributed by atoms with Gasteiger partial charge in [-0.25, -0.2) is 0 Å². The minimum absolute atomic E-state index is 0.0793. The Morgan fingerprint density at radius 1 is 1.53 bits per heavy atom. The highest BCUT2D eigenvalue weighted by Gasteiger charge is 2.19. The van der Waals surface area contributed by atoms with Crippen molar-refractivity contribution < 1.29 is 5.11 Å². The third kappa shape index (κ3) is 3.32. The van der Waals surface area contributed by atoms with Crippen molar-refractivity contribution in [3.05, 3.63) is 17.5 Å². The molecular formula is C11H21N3O. The summed E-state index contributed by atoms with van der Waals surface area (Å²) in [7, 11) is 0. The maximum atomic E-state index is 8.91. The van der Waals surface area contributed by atoms with E-state index in [2.05, 4.69) is 36.3 Å². The first-order chi connectivity index (χ1) is 6.95. The van der Waals surface area contributed by atoms with E-state index in [0.29, 0.717) is 0 Å². The number of hydrogen-bond acceptors (Lipinski definition) is 3. The van der Waals surface area contributed by atoms with Crippen LogP contribution in [0.5, 0.6) is 0 Å². The summed E-state index contributed by atoms with van der Waals surface area (Å²) in [6, 6.07) is 0.118. The van der Waals surface area contributed by atoms with Crippen LogP contribution in [0.2, 0.25) is 0 Å². The molecule has 3 N–H and O–H groups in total. The number of nitrogens with zero attached hydrogens (tertiary/aromatic N) is 1. The minimum atomic E-state index is 0.0793. The van der Waals surface area contributed by atoms with E-state index in [1.807, 2.05) is 13.1 Å². The molecule has 0 saturated heterocycles. The highest BCUT2D eigenvalue weighted by atomic mass is 16.3. The van der Waals surface area contributed by atoms with Crippen LogP contribution >= 0.6 is 0 Å². The molecule has 1 heterocycles. The Balaban J connectivity index is 2.66. The summed E-state index contributed by atoms with van der Waals surface area (Å²) in [6.45, 7) is 9.31. The lowest BCUT2D eigenvalue weighted by Crippen LogP contribution is -2.29. The lowest BCUT2D eigenvalue weighted by atomic mass is 9.89. The van der Waals surface area contributed by atoms with E-state index in [0.717, 1.165) is 12.2 Å². The average Bonchev–Trinajstić information content (AvgIpc) is 2.61. The molecule has 0 aliphatic heterocycles. The first kappa shape index (κ1) is 12.2. The van der Waals surface area contributed by atoms with Gasteiger partial charge in [-0.2, -0.15) is 5.10 Å². The van der Waals surface area contributed by atoms with E-state index in [9.17, 15) is 0 Å². The quantitative estimate of drug-likeness (QED) is 0.701. The van der Waals surface area contributed by atoms with Gasteiger partial charge < -0.3 is 10.4 Å². The van der Waals surface area contributed by atoms with Crippen molar-refractivity contribution in [1.29, 1.82) is 0 Å². The monoisotopic (exact) mass is 211 g/mol. The molecule has 4 nitrogen and oxygen atoms in total. The van der Waals surface area contributed by atoms with Crippen molar-refractivity contribution in [2.75, 3.05) is 6.61 Å². The van der Waals surface area contributed by atoms with Gasteiger partial charge in [0.1, 0.15) is 0 Å². The Morgan fingerprint density at radius 3 is 2.73 bits per heavy atom. The number of aromatic amines is 1. The van der Waals surface area contributed by atoms with E-state index in [-0.39, 0.29) is 18.1 Å². The standard InChI is InChI=1S/C11H21N3O/c1-8(7-15)12-5-9-6-13-14-10(9)11(2,3)4/h6,8,12,15H,5,7H2,1-4H3,(H,13,14). The highest BCUT2D eigenvalue weighted by molar-refractivity contribution is 5.23. The third-order valence-electron chi connectivity index (χ3n) is 2.38. The van der Waals surface area contributed by atoms with Crippen LogP contribution in [0.4, 0.5) is 0 Å². The van der Waals surface area contributed by atoms with Gasteiger partial charge in [-0.3, -0.25) is 5.10 Å². The molecule has 0 radical (unpaired) electrons. The molecule has 0 aromatic carbocycles. The molecule has 4 heteroatoms. The predicted octanol–water partition coefficient (Wildman–Crippen LogP) is 1.18. The topological polar surface area (TPSA) is 60.9 Å². The van der Waals surface area contributed by atoms with Crippen LogP contribution in [-0.4, -0.2) is 28.0 Å². The Labute approximate surface area is 91.1 Å². The molecule has 0 spiro atoms. The largest absolute Gasteiger partial charge is 0.395 e. The maximum Gasteiger partial charge on any atom is 0.0582 e. The van der Waals surface area contributed by atoms with Gasteiger partial charge in [0.2, 0.25) is 0 Å². The van der Waals surface area contributed by atoms with Crippen LogP contribution in [0.3, 0.4) is 0 Å². The van der Waals surface area contributed by atoms with E-state index in [4.69, 9.17) is 5.11 Å². The lowest BCUT2D eigenvalue weighted by Gasteiger charge is -2.19. The van der Waals surface area contributed by atoms with Crippen LogP contribution in [0.25, 0.3) is 0 Å². The third-order valence-corrected chi connectivity index (χ3v) is 2.38. The zero-order chi connectivity index (χ0) is 11.5. The molecule has 1 atom stereocenters. The van der Waals surface area contributed by atoms with Crippen molar-refractivity contribution in [2.24, 2.45) is 0 Å². The van der Waals surface area contributed by atoms with Gasteiger partial charge in [-0.05, 0) is 6.92 Å². The van der Waals surface area contributed by atoms with Gasteiger partial charge in [-0.1, -0.05) is 20.8 Å². The van der Waals surface area contributed by atoms with Crippen molar-refractivity contribution in [2.45, 2.75) is 45.7 Å². The highest BCUT2D eigenvalue weighted by Crippen LogP contribution is 2.23. The Morgan fingerprint density at radius 2 is 2.20 bits per heavy atom. The summed E-state index contributed by atoms with van der Waals surface area (Å²) in [6.07, 6.45) is 1.84. The molecule has 1 rings (SSSR count). The minimum Gasteiger partial charge on any atom is -0.395 e. The molecule has 0 aliphatic carbocycles. The van der Waals surface area contributed by atoms with E-state index >= 15 is 0 Å². The average molecular weight is 211 g/mol. The Hall–Kier alpha value is -0.870. The van der Waals surface area contributed by atoms with Gasteiger partial charge in [0.15, 0.2) is 0 Å². The number of aromatic nitrogens is 2. The van der Waals surface area contributed by atoms with Crippen molar-refractivity contribution in [3.8, 4) is 0 Å². The van der Waals surface area contributed by atoms with Crippen LogP contribution in [-0.2, 0) is 12.0 Å². The molecule has 1 aromatic rings. The summed E-state index contributed by atoms with van der Waals surface area (Å²) in [5, 5.41) is 19.2. The molecule has 15 heavy (non-hydrogen) atoms. The summed E-state index contributed by atoms with van der Waals surface area (Å²) in [5.41, 5.74) is 2.40. The second-order valence-corrected chi connectivity index (χ2v) is 4.98. The molecule has 0 aliphatic rings. The number of H-pyrrole nitrogens is 1. The van der Waals surface area contributed by atoms with Crippen molar-refractivity contribution in [3.63, 3.8) is 0 Å². The second-order valence-electron chi connectivity index (χ2n) is 4.98. The summed E-state index contributed by atoms with van der Waals surface area (Å²) in [4.78, 5) is 0. The van der Waals surface area contributed by atoms with Gasteiger partial charge >= 0.3 is 0 Å². The van der Waals surface area contributed by atoms with Crippen LogP contribution in [0.1, 0.15) is 39.0 Å². The summed E-state index contributed by atoms with van der Waals surface area (Å²) in [5.74, 6) is 0. The fourth-order valence-corrected chi connectivity index (χ4v) is 1.44. The van der Waals surface area contributed by atoms with E-state index in [1.165, 1.54) is 5.56 Å². The van der Waals surface area contributed by atoms with Gasteiger partial charge in [-0.15, -0.1) is 0 Å². The van der Waals surface area contributed by atoms with Gasteiger partial charge in [0, 0.05) is 29.3 Å². The number of rotatable bonds is 4. The number of aliphatic hydroxyl groups is 1. The fraction of sp³-hybridized carbons (Fsp3) is 0.727. The van der Waals surface area contributed by atoms with Gasteiger partial charge in [0.05, 0.1) is 12.8 Å². The van der Waals surface area contributed by atoms with Crippen molar-refractivity contribution >= 4 is 0 Å². The SMILES string of the molecule is CC(CO)NCc1cn[nH]c1C(C)(C)C. The Bertz CT molecular complexity index is 301. The van der Waals surface area contributed by atoms with Crippen LogP contribution in [0.15, 0.2) is 6.20 Å². The second kappa shape index (κ2) is 4.77. The van der Waals surface area contributed by atoms with E-state index in [1.54, 1.807) is 0 Å². The smallest absolute Gasteiger partial charge is 0.0582 e. The van der Waals surface area contributed by atoms with Crippen molar-refractivity contribution in [1.82, 2.24) is 15.5 Å². The molecule has 86 valence electrons. The molecule has 0 bridgehead atoms. The van der Waals surface area contributed by atoms with Gasteiger partial charge in [0.25, 0.3) is 0 Å². The summed E-state index contributed by atoms with van der Waals surface area (Å²) >= 11 is 0. The molecule has 0 amide bonds. The molecule has 1 unspecified atom stereocenters. The number of nitrogens with one attached hydrogen (secondary N) is 2. The first-order valence-corrected chi connectivity index (χ1v) is 5.32. The molecule has 0 fully saturated rings. The van der Waals surface area contributed by atoms with E-state index < -0.39 is 0 Å². The summed E-state index contributed by atoms with van der Waals surface area (Å²) < 4.78 is 0. The number of hydrogen-bond donors (Lipinski definition) is 3.